The summed E-state index contributed by atoms with van der Waals surface area (Å²) in [5, 5.41) is 5.43. The maximum atomic E-state index is 12.3. The third kappa shape index (κ3) is 4.35. The van der Waals surface area contributed by atoms with Crippen molar-refractivity contribution in [1.82, 2.24) is 0 Å². The van der Waals surface area contributed by atoms with E-state index in [1.54, 1.807) is 6.07 Å². The number of anilines is 2. The Kier molecular flexibility index (Phi) is 5.99. The summed E-state index contributed by atoms with van der Waals surface area (Å²) < 4.78 is 1.08. The van der Waals surface area contributed by atoms with E-state index in [1.165, 1.54) is 0 Å². The van der Waals surface area contributed by atoms with E-state index >= 15 is 0 Å². The molecule has 0 aliphatic carbocycles. The summed E-state index contributed by atoms with van der Waals surface area (Å²) >= 11 is 2.21. The van der Waals surface area contributed by atoms with Gasteiger partial charge in [0, 0.05) is 14.9 Å². The maximum Gasteiger partial charge on any atom is 0.314 e. The first-order valence-electron chi connectivity index (χ1n) is 7.77. The molecule has 0 spiro atoms. The van der Waals surface area contributed by atoms with Gasteiger partial charge in [-0.1, -0.05) is 32.0 Å². The van der Waals surface area contributed by atoms with Crippen LogP contribution in [0.15, 0.2) is 36.4 Å². The zero-order valence-electron chi connectivity index (χ0n) is 14.2. The summed E-state index contributed by atoms with van der Waals surface area (Å²) in [6, 6.07) is 11.5. The molecule has 0 bridgehead atoms. The molecule has 0 aliphatic rings. The van der Waals surface area contributed by atoms with E-state index in [2.05, 4.69) is 47.1 Å². The zero-order chi connectivity index (χ0) is 17.9. The predicted octanol–water partition coefficient (Wildman–Crippen LogP) is 4.61. The number of carbonyl (C=O) groups excluding carboxylic acids is 2. The highest BCUT2D eigenvalue weighted by atomic mass is 127. The first-order chi connectivity index (χ1) is 11.3. The number of hydrogen-bond donors (Lipinski definition) is 2. The van der Waals surface area contributed by atoms with Crippen LogP contribution in [0.3, 0.4) is 0 Å². The highest BCUT2D eigenvalue weighted by Crippen LogP contribution is 2.27. The van der Waals surface area contributed by atoms with Crippen LogP contribution in [0.5, 0.6) is 0 Å². The molecular formula is C19H21IN2O2. The molecule has 2 rings (SSSR count). The SMILES string of the molecule is Cc1cc(I)ccc1NC(=O)C(=O)Nc1c(C)cccc1C(C)C. The quantitative estimate of drug-likeness (QED) is 0.546. The average Bonchev–Trinajstić information content (AvgIpc) is 2.51. The lowest BCUT2D eigenvalue weighted by Crippen LogP contribution is -2.30. The second-order valence-electron chi connectivity index (χ2n) is 6.06. The smallest absolute Gasteiger partial charge is 0.314 e. The third-order valence-corrected chi connectivity index (χ3v) is 4.48. The van der Waals surface area contributed by atoms with Crippen LogP contribution in [0, 0.1) is 17.4 Å². The molecule has 4 nitrogen and oxygen atoms in total. The fraction of sp³-hybridized carbons (Fsp3) is 0.263. The molecule has 0 aliphatic heterocycles. The van der Waals surface area contributed by atoms with Gasteiger partial charge in [0.05, 0.1) is 0 Å². The normalized spacial score (nSPS) is 10.6. The molecule has 0 heterocycles. The number of halogens is 1. The predicted molar refractivity (Wildman–Crippen MR) is 106 cm³/mol. The van der Waals surface area contributed by atoms with Crippen molar-refractivity contribution >= 4 is 45.8 Å². The molecule has 0 saturated carbocycles. The van der Waals surface area contributed by atoms with E-state index in [0.717, 1.165) is 20.3 Å². The van der Waals surface area contributed by atoms with E-state index in [0.29, 0.717) is 11.4 Å². The Morgan fingerprint density at radius 3 is 2.25 bits per heavy atom. The number of benzene rings is 2. The summed E-state index contributed by atoms with van der Waals surface area (Å²) in [6.07, 6.45) is 0. The van der Waals surface area contributed by atoms with Crippen LogP contribution in [-0.2, 0) is 9.59 Å². The lowest BCUT2D eigenvalue weighted by molar-refractivity contribution is -0.133. The monoisotopic (exact) mass is 436 g/mol. The molecule has 0 fully saturated rings. The van der Waals surface area contributed by atoms with Gasteiger partial charge in [0.25, 0.3) is 0 Å². The molecule has 2 aromatic rings. The van der Waals surface area contributed by atoms with Crippen LogP contribution < -0.4 is 10.6 Å². The Bertz CT molecular complexity index is 785. The van der Waals surface area contributed by atoms with E-state index in [4.69, 9.17) is 0 Å². The summed E-state index contributed by atoms with van der Waals surface area (Å²) in [4.78, 5) is 24.5. The lowest BCUT2D eigenvalue weighted by atomic mass is 9.98. The molecule has 0 atom stereocenters. The number of carbonyl (C=O) groups is 2. The second kappa shape index (κ2) is 7.79. The average molecular weight is 436 g/mol. The minimum atomic E-state index is -0.669. The number of amides is 2. The first-order valence-corrected chi connectivity index (χ1v) is 8.85. The molecule has 2 N–H and O–H groups in total. The molecule has 0 unspecified atom stereocenters. The van der Waals surface area contributed by atoms with Crippen LogP contribution in [-0.4, -0.2) is 11.8 Å². The van der Waals surface area contributed by atoms with Crippen molar-refractivity contribution in [1.29, 1.82) is 0 Å². The van der Waals surface area contributed by atoms with Crippen molar-refractivity contribution in [3.8, 4) is 0 Å². The Balaban J connectivity index is 2.17. The van der Waals surface area contributed by atoms with Crippen LogP contribution in [0.1, 0.15) is 36.5 Å². The second-order valence-corrected chi connectivity index (χ2v) is 7.31. The van der Waals surface area contributed by atoms with Gasteiger partial charge in [-0.25, -0.2) is 0 Å². The molecule has 2 aromatic carbocycles. The fourth-order valence-electron chi connectivity index (χ4n) is 2.46. The fourth-order valence-corrected chi connectivity index (χ4v) is 3.11. The Morgan fingerprint density at radius 1 is 0.958 bits per heavy atom. The summed E-state index contributed by atoms with van der Waals surface area (Å²) in [6.45, 7) is 7.93. The Labute approximate surface area is 156 Å². The highest BCUT2D eigenvalue weighted by molar-refractivity contribution is 14.1. The highest BCUT2D eigenvalue weighted by Gasteiger charge is 2.18. The minimum absolute atomic E-state index is 0.252. The van der Waals surface area contributed by atoms with Crippen molar-refractivity contribution in [2.75, 3.05) is 10.6 Å². The van der Waals surface area contributed by atoms with Gasteiger partial charge < -0.3 is 10.6 Å². The zero-order valence-corrected chi connectivity index (χ0v) is 16.4. The maximum absolute atomic E-state index is 12.3. The summed E-state index contributed by atoms with van der Waals surface area (Å²) in [5.74, 6) is -1.08. The Hall–Kier alpha value is -1.89. The van der Waals surface area contributed by atoms with E-state index in [1.807, 2.05) is 44.2 Å². The largest absolute Gasteiger partial charge is 0.318 e. The van der Waals surface area contributed by atoms with Gasteiger partial charge in [-0.3, -0.25) is 9.59 Å². The number of aryl methyl sites for hydroxylation is 2. The van der Waals surface area contributed by atoms with Gasteiger partial charge in [0.15, 0.2) is 0 Å². The van der Waals surface area contributed by atoms with Gasteiger partial charge in [-0.2, -0.15) is 0 Å². The summed E-state index contributed by atoms with van der Waals surface area (Å²) in [7, 11) is 0. The third-order valence-electron chi connectivity index (χ3n) is 3.81. The van der Waals surface area contributed by atoms with Crippen LogP contribution in [0.2, 0.25) is 0 Å². The van der Waals surface area contributed by atoms with Gasteiger partial charge >= 0.3 is 11.8 Å². The van der Waals surface area contributed by atoms with Crippen molar-refractivity contribution in [3.63, 3.8) is 0 Å². The van der Waals surface area contributed by atoms with E-state index in [9.17, 15) is 9.59 Å². The van der Waals surface area contributed by atoms with E-state index in [-0.39, 0.29) is 5.92 Å². The van der Waals surface area contributed by atoms with Crippen LogP contribution in [0.25, 0.3) is 0 Å². The Morgan fingerprint density at radius 2 is 1.62 bits per heavy atom. The molecule has 5 heteroatoms. The first kappa shape index (κ1) is 18.4. The lowest BCUT2D eigenvalue weighted by Gasteiger charge is -2.16. The number of para-hydroxylation sites is 1. The van der Waals surface area contributed by atoms with Gasteiger partial charge in [0.2, 0.25) is 0 Å². The number of hydrogen-bond acceptors (Lipinski definition) is 2. The standard InChI is InChI=1S/C19H21IN2O2/c1-11(2)15-7-5-6-12(3)17(15)22-19(24)18(23)21-16-9-8-14(20)10-13(16)4/h5-11H,1-4H3,(H,21,23)(H,22,24). The van der Waals surface area contributed by atoms with Crippen LogP contribution >= 0.6 is 22.6 Å². The molecule has 0 radical (unpaired) electrons. The topological polar surface area (TPSA) is 58.2 Å². The molecule has 0 aromatic heterocycles. The molecule has 126 valence electrons. The number of nitrogens with one attached hydrogen (secondary N) is 2. The summed E-state index contributed by atoms with van der Waals surface area (Å²) in [5.41, 5.74) is 4.23. The van der Waals surface area contributed by atoms with Crippen molar-refractivity contribution in [3.05, 3.63) is 56.7 Å². The molecule has 0 saturated heterocycles. The number of rotatable bonds is 3. The van der Waals surface area contributed by atoms with Crippen LogP contribution in [0.4, 0.5) is 11.4 Å². The van der Waals surface area contributed by atoms with E-state index < -0.39 is 11.8 Å². The van der Waals surface area contributed by atoms with Crippen molar-refractivity contribution in [2.24, 2.45) is 0 Å². The molecule has 2 amide bonds. The van der Waals surface area contributed by atoms with Gasteiger partial charge in [-0.05, 0) is 77.2 Å². The molecular weight excluding hydrogens is 415 g/mol. The van der Waals surface area contributed by atoms with Crippen molar-refractivity contribution < 1.29 is 9.59 Å². The molecule has 24 heavy (non-hydrogen) atoms. The van der Waals surface area contributed by atoms with Gasteiger partial charge in [0.1, 0.15) is 0 Å². The minimum Gasteiger partial charge on any atom is -0.318 e. The van der Waals surface area contributed by atoms with Crippen molar-refractivity contribution in [2.45, 2.75) is 33.6 Å². The van der Waals surface area contributed by atoms with Gasteiger partial charge in [-0.15, -0.1) is 0 Å².